The number of nitrogens with zero attached hydrogens (tertiary/aromatic N) is 1. The molecule has 6 heteroatoms. The Morgan fingerprint density at radius 2 is 1.80 bits per heavy atom. The van der Waals surface area contributed by atoms with Crippen molar-refractivity contribution in [2.24, 2.45) is 11.7 Å². The molecule has 1 aromatic heterocycles. The Hall–Kier alpha value is -1.36. The van der Waals surface area contributed by atoms with E-state index >= 15 is 0 Å². The van der Waals surface area contributed by atoms with Gasteiger partial charge < -0.3 is 11.1 Å². The number of carbonyl (C=O) groups is 1. The van der Waals surface area contributed by atoms with Gasteiger partial charge in [0.25, 0.3) is 0 Å². The second-order valence-electron chi connectivity index (χ2n) is 4.65. The number of halogens is 2. The van der Waals surface area contributed by atoms with Gasteiger partial charge in [0.15, 0.2) is 0 Å². The number of pyridine rings is 1. The SMILES string of the molecule is CC(C)C(N)C(=O)Nc1ccc2ccccc2n1.Cl.Cl. The molecule has 1 unspecified atom stereocenters. The number of hydrogen-bond donors (Lipinski definition) is 2. The third-order valence-corrected chi connectivity index (χ3v) is 2.87. The highest BCUT2D eigenvalue weighted by molar-refractivity contribution is 5.95. The summed E-state index contributed by atoms with van der Waals surface area (Å²) < 4.78 is 0. The molecule has 0 saturated carbocycles. The van der Waals surface area contributed by atoms with Crippen LogP contribution < -0.4 is 11.1 Å². The molecule has 0 radical (unpaired) electrons. The van der Waals surface area contributed by atoms with Crippen molar-refractivity contribution < 1.29 is 4.79 Å². The fraction of sp³-hybridized carbons (Fsp3) is 0.286. The van der Waals surface area contributed by atoms with Gasteiger partial charge in [-0.15, -0.1) is 24.8 Å². The number of anilines is 1. The molecule has 2 rings (SSSR count). The van der Waals surface area contributed by atoms with Crippen LogP contribution in [0.3, 0.4) is 0 Å². The lowest BCUT2D eigenvalue weighted by atomic mass is 10.1. The predicted octanol–water partition coefficient (Wildman–Crippen LogP) is 3.00. The van der Waals surface area contributed by atoms with Crippen molar-refractivity contribution in [2.45, 2.75) is 19.9 Å². The van der Waals surface area contributed by atoms with E-state index < -0.39 is 6.04 Å². The first-order chi connectivity index (χ1) is 8.58. The molecule has 0 spiro atoms. The van der Waals surface area contributed by atoms with Crippen LogP contribution in [-0.4, -0.2) is 16.9 Å². The van der Waals surface area contributed by atoms with Gasteiger partial charge in [-0.05, 0) is 24.1 Å². The van der Waals surface area contributed by atoms with Crippen LogP contribution in [0.25, 0.3) is 10.9 Å². The van der Waals surface area contributed by atoms with E-state index in [9.17, 15) is 4.79 Å². The Bertz CT molecular complexity index is 575. The van der Waals surface area contributed by atoms with Crippen LogP contribution in [0.4, 0.5) is 5.82 Å². The Morgan fingerprint density at radius 1 is 1.15 bits per heavy atom. The summed E-state index contributed by atoms with van der Waals surface area (Å²) in [4.78, 5) is 16.2. The number of carbonyl (C=O) groups excluding carboxylic acids is 1. The number of aromatic nitrogens is 1. The second kappa shape index (κ2) is 8.04. The summed E-state index contributed by atoms with van der Waals surface area (Å²) in [6, 6.07) is 11.0. The Labute approximate surface area is 131 Å². The quantitative estimate of drug-likeness (QED) is 0.914. The standard InChI is InChI=1S/C14H17N3O.2ClH/c1-9(2)13(15)14(18)17-12-8-7-10-5-3-4-6-11(10)16-12;;/h3-9,13H,15H2,1-2H3,(H,16,17,18);2*1H. The van der Waals surface area contributed by atoms with Gasteiger partial charge in [-0.2, -0.15) is 0 Å². The Kier molecular flexibility index (Phi) is 7.50. The molecule has 1 aromatic carbocycles. The van der Waals surface area contributed by atoms with E-state index in [0.29, 0.717) is 5.82 Å². The van der Waals surface area contributed by atoms with Crippen LogP contribution in [0.1, 0.15) is 13.8 Å². The first-order valence-electron chi connectivity index (χ1n) is 6.00. The van der Waals surface area contributed by atoms with Gasteiger partial charge in [0.2, 0.25) is 5.91 Å². The van der Waals surface area contributed by atoms with Crippen molar-refractivity contribution in [3.8, 4) is 0 Å². The van der Waals surface area contributed by atoms with Crippen LogP contribution in [0.5, 0.6) is 0 Å². The monoisotopic (exact) mass is 315 g/mol. The summed E-state index contributed by atoms with van der Waals surface area (Å²) >= 11 is 0. The minimum absolute atomic E-state index is 0. The van der Waals surface area contributed by atoms with Gasteiger partial charge in [-0.3, -0.25) is 4.79 Å². The number of amides is 1. The van der Waals surface area contributed by atoms with E-state index in [4.69, 9.17) is 5.73 Å². The van der Waals surface area contributed by atoms with Crippen LogP contribution >= 0.6 is 24.8 Å². The van der Waals surface area contributed by atoms with Crippen molar-refractivity contribution in [3.63, 3.8) is 0 Å². The van der Waals surface area contributed by atoms with Crippen LogP contribution in [0.2, 0.25) is 0 Å². The minimum atomic E-state index is -0.515. The number of fused-ring (bicyclic) bond motifs is 1. The fourth-order valence-electron chi connectivity index (χ4n) is 1.65. The van der Waals surface area contributed by atoms with Gasteiger partial charge in [-0.1, -0.05) is 32.0 Å². The summed E-state index contributed by atoms with van der Waals surface area (Å²) in [6.07, 6.45) is 0. The summed E-state index contributed by atoms with van der Waals surface area (Å²) in [5.74, 6) is 0.438. The summed E-state index contributed by atoms with van der Waals surface area (Å²) in [7, 11) is 0. The maximum atomic E-state index is 11.8. The van der Waals surface area contributed by atoms with Gasteiger partial charge in [-0.25, -0.2) is 4.98 Å². The molecule has 1 atom stereocenters. The topological polar surface area (TPSA) is 68.0 Å². The molecule has 1 amide bonds. The number of nitrogens with one attached hydrogen (secondary N) is 1. The first kappa shape index (κ1) is 18.6. The normalized spacial score (nSPS) is 11.4. The maximum Gasteiger partial charge on any atom is 0.242 e. The van der Waals surface area contributed by atoms with E-state index in [0.717, 1.165) is 10.9 Å². The molecule has 3 N–H and O–H groups in total. The van der Waals surface area contributed by atoms with Crippen molar-refractivity contribution in [1.29, 1.82) is 0 Å². The maximum absolute atomic E-state index is 11.8. The van der Waals surface area contributed by atoms with E-state index in [1.54, 1.807) is 6.07 Å². The third kappa shape index (κ3) is 4.34. The zero-order valence-electron chi connectivity index (χ0n) is 11.4. The van der Waals surface area contributed by atoms with Crippen molar-refractivity contribution in [1.82, 2.24) is 4.98 Å². The molecule has 20 heavy (non-hydrogen) atoms. The van der Waals surface area contributed by atoms with Crippen molar-refractivity contribution in [3.05, 3.63) is 36.4 Å². The molecule has 1 heterocycles. The minimum Gasteiger partial charge on any atom is -0.320 e. The molecule has 110 valence electrons. The molecule has 0 bridgehead atoms. The molecule has 2 aromatic rings. The van der Waals surface area contributed by atoms with Crippen LogP contribution in [0, 0.1) is 5.92 Å². The predicted molar refractivity (Wildman–Crippen MR) is 87.7 cm³/mol. The van der Waals surface area contributed by atoms with Crippen molar-refractivity contribution in [2.75, 3.05) is 5.32 Å². The number of hydrogen-bond acceptors (Lipinski definition) is 3. The van der Waals surface area contributed by atoms with Crippen LogP contribution in [-0.2, 0) is 4.79 Å². The van der Waals surface area contributed by atoms with E-state index in [-0.39, 0.29) is 36.6 Å². The largest absolute Gasteiger partial charge is 0.320 e. The average molecular weight is 316 g/mol. The zero-order chi connectivity index (χ0) is 13.1. The van der Waals surface area contributed by atoms with Gasteiger partial charge in [0, 0.05) is 5.39 Å². The molecular weight excluding hydrogens is 297 g/mol. The van der Waals surface area contributed by atoms with E-state index in [1.165, 1.54) is 0 Å². The molecule has 0 saturated heterocycles. The molecule has 0 fully saturated rings. The fourth-order valence-corrected chi connectivity index (χ4v) is 1.65. The van der Waals surface area contributed by atoms with E-state index in [1.807, 2.05) is 44.2 Å². The smallest absolute Gasteiger partial charge is 0.242 e. The third-order valence-electron chi connectivity index (χ3n) is 2.87. The summed E-state index contributed by atoms with van der Waals surface area (Å²) in [5, 5.41) is 3.79. The Morgan fingerprint density at radius 3 is 2.45 bits per heavy atom. The highest BCUT2D eigenvalue weighted by Crippen LogP contribution is 2.14. The first-order valence-corrected chi connectivity index (χ1v) is 6.00. The van der Waals surface area contributed by atoms with E-state index in [2.05, 4.69) is 10.3 Å². The average Bonchev–Trinajstić information content (AvgIpc) is 2.37. The second-order valence-corrected chi connectivity index (χ2v) is 4.65. The summed E-state index contributed by atoms with van der Waals surface area (Å²) in [6.45, 7) is 3.83. The molecule has 0 aliphatic carbocycles. The zero-order valence-corrected chi connectivity index (χ0v) is 13.0. The van der Waals surface area contributed by atoms with Gasteiger partial charge >= 0.3 is 0 Å². The number of para-hydroxylation sites is 1. The lowest BCUT2D eigenvalue weighted by Crippen LogP contribution is -2.39. The lowest BCUT2D eigenvalue weighted by Gasteiger charge is -2.15. The molecule has 0 aliphatic heterocycles. The Balaban J connectivity index is 0.00000180. The molecule has 4 nitrogen and oxygen atoms in total. The highest BCUT2D eigenvalue weighted by atomic mass is 35.5. The molecule has 0 aliphatic rings. The number of rotatable bonds is 3. The lowest BCUT2D eigenvalue weighted by molar-refractivity contribution is -0.118. The number of benzene rings is 1. The molecular formula is C14H19Cl2N3O. The van der Waals surface area contributed by atoms with Crippen LogP contribution in [0.15, 0.2) is 36.4 Å². The highest BCUT2D eigenvalue weighted by Gasteiger charge is 2.17. The van der Waals surface area contributed by atoms with Crippen molar-refractivity contribution >= 4 is 47.4 Å². The van der Waals surface area contributed by atoms with Gasteiger partial charge in [0.05, 0.1) is 11.6 Å². The van der Waals surface area contributed by atoms with Gasteiger partial charge in [0.1, 0.15) is 5.82 Å². The number of nitrogens with two attached hydrogens (primary N) is 1. The summed E-state index contributed by atoms with van der Waals surface area (Å²) in [5.41, 5.74) is 6.64.